The van der Waals surface area contributed by atoms with Gasteiger partial charge in [0.15, 0.2) is 0 Å². The van der Waals surface area contributed by atoms with Gasteiger partial charge in [0.25, 0.3) is 0 Å². The van der Waals surface area contributed by atoms with Crippen LogP contribution < -0.4 is 11.2 Å². The fourth-order valence-electron chi connectivity index (χ4n) is 0.802. The highest BCUT2D eigenvalue weighted by Crippen LogP contribution is 1.96. The van der Waals surface area contributed by atoms with Gasteiger partial charge in [-0.2, -0.15) is 5.90 Å². The lowest BCUT2D eigenvalue weighted by atomic mass is 10.2. The summed E-state index contributed by atoms with van der Waals surface area (Å²) >= 11 is 0. The number of nitrogens with one attached hydrogen (secondary N) is 1. The molecule has 3 nitrogen and oxygen atoms in total. The molecule has 1 saturated heterocycles. The maximum absolute atomic E-state index is 7.75. The van der Waals surface area contributed by atoms with E-state index >= 15 is 0 Å². The zero-order chi connectivity index (χ0) is 6.24. The molecule has 0 aromatic rings. The average Bonchev–Trinajstić information content (AvgIpc) is 1.96. The molecule has 0 aromatic carbocycles. The Balaban J connectivity index is 0.000000222. The summed E-state index contributed by atoms with van der Waals surface area (Å²) in [4.78, 5) is 0. The van der Waals surface area contributed by atoms with Gasteiger partial charge < -0.3 is 5.32 Å². The first-order valence-corrected chi connectivity index (χ1v) is 2.94. The lowest BCUT2D eigenvalue weighted by molar-refractivity contribution is 0.201. The number of rotatable bonds is 0. The van der Waals surface area contributed by atoms with E-state index in [1.807, 2.05) is 0 Å². The molecule has 0 spiro atoms. The second-order valence-electron chi connectivity index (χ2n) is 1.81. The van der Waals surface area contributed by atoms with Crippen molar-refractivity contribution in [3.63, 3.8) is 0 Å². The SMILES string of the molecule is C1CCNCC1.N[O]. The van der Waals surface area contributed by atoms with Gasteiger partial charge in [-0.1, -0.05) is 6.42 Å². The van der Waals surface area contributed by atoms with Crippen LogP contribution >= 0.6 is 0 Å². The molecule has 0 unspecified atom stereocenters. The first-order valence-electron chi connectivity index (χ1n) is 2.94. The molecule has 1 aliphatic rings. The monoisotopic (exact) mass is 117 g/mol. The van der Waals surface area contributed by atoms with Crippen LogP contribution in [0.4, 0.5) is 0 Å². The van der Waals surface area contributed by atoms with Gasteiger partial charge in [-0.15, -0.1) is 5.21 Å². The summed E-state index contributed by atoms with van der Waals surface area (Å²) in [6.07, 6.45) is 4.22. The van der Waals surface area contributed by atoms with E-state index in [0.717, 1.165) is 0 Å². The van der Waals surface area contributed by atoms with Gasteiger partial charge in [0.1, 0.15) is 0 Å². The molecular weight excluding hydrogens is 104 g/mol. The molecule has 1 fully saturated rings. The Morgan fingerprint density at radius 2 is 1.50 bits per heavy atom. The van der Waals surface area contributed by atoms with Gasteiger partial charge in [-0.05, 0) is 25.9 Å². The molecule has 1 radical (unpaired) electrons. The number of piperidine rings is 1. The highest BCUT2D eigenvalue weighted by Gasteiger charge is 1.93. The van der Waals surface area contributed by atoms with E-state index in [1.54, 1.807) is 0 Å². The summed E-state index contributed by atoms with van der Waals surface area (Å²) in [5.41, 5.74) is 0. The Labute approximate surface area is 49.8 Å². The van der Waals surface area contributed by atoms with E-state index in [0.29, 0.717) is 0 Å². The molecular formula is C5H13N2O. The van der Waals surface area contributed by atoms with Crippen LogP contribution in [0.25, 0.3) is 0 Å². The third-order valence-corrected chi connectivity index (χ3v) is 1.21. The van der Waals surface area contributed by atoms with Crippen LogP contribution in [0.15, 0.2) is 0 Å². The van der Waals surface area contributed by atoms with Crippen LogP contribution in [0, 0.1) is 0 Å². The number of hydrogen-bond donors (Lipinski definition) is 2. The van der Waals surface area contributed by atoms with Crippen molar-refractivity contribution in [2.24, 2.45) is 5.90 Å². The summed E-state index contributed by atoms with van der Waals surface area (Å²) in [7, 11) is 0. The Kier molecular flexibility index (Phi) is 6.78. The van der Waals surface area contributed by atoms with Crippen molar-refractivity contribution >= 4 is 0 Å². The largest absolute Gasteiger partial charge is 0.317 e. The third-order valence-electron chi connectivity index (χ3n) is 1.21. The topological polar surface area (TPSA) is 57.9 Å². The molecule has 1 aliphatic heterocycles. The van der Waals surface area contributed by atoms with Crippen LogP contribution in [0.2, 0.25) is 0 Å². The molecule has 0 saturated carbocycles. The molecule has 0 aromatic heterocycles. The number of nitrogens with two attached hydrogens (primary N) is 1. The second kappa shape index (κ2) is 6.88. The van der Waals surface area contributed by atoms with Gasteiger partial charge in [-0.25, -0.2) is 0 Å². The first kappa shape index (κ1) is 7.88. The Hall–Kier alpha value is -0.120. The smallest absolute Gasteiger partial charge is 0.00489 e. The molecule has 0 amide bonds. The molecule has 8 heavy (non-hydrogen) atoms. The summed E-state index contributed by atoms with van der Waals surface area (Å²) < 4.78 is 0. The molecule has 0 aliphatic carbocycles. The fourth-order valence-corrected chi connectivity index (χ4v) is 0.802. The maximum atomic E-state index is 7.75. The molecule has 0 atom stereocenters. The van der Waals surface area contributed by atoms with E-state index in [9.17, 15) is 0 Å². The third kappa shape index (κ3) is 4.05. The normalized spacial score (nSPS) is 18.8. The van der Waals surface area contributed by atoms with Gasteiger partial charge in [0.2, 0.25) is 0 Å². The second-order valence-corrected chi connectivity index (χ2v) is 1.81. The molecule has 0 bridgehead atoms. The predicted molar refractivity (Wildman–Crippen MR) is 31.6 cm³/mol. The van der Waals surface area contributed by atoms with Crippen LogP contribution in [0.3, 0.4) is 0 Å². The molecule has 1 rings (SSSR count). The van der Waals surface area contributed by atoms with Crippen LogP contribution in [-0.4, -0.2) is 13.1 Å². The van der Waals surface area contributed by atoms with Gasteiger partial charge in [0.05, 0.1) is 0 Å². The van der Waals surface area contributed by atoms with E-state index in [1.165, 1.54) is 32.4 Å². The summed E-state index contributed by atoms with van der Waals surface area (Å²) in [6, 6.07) is 0. The quantitative estimate of drug-likeness (QED) is 0.440. The standard InChI is InChI=1S/C5H11N.H2NO/c1-2-4-6-5-3-1;1-2/h6H,1-5H2;1H2. The van der Waals surface area contributed by atoms with Crippen LogP contribution in [0.1, 0.15) is 19.3 Å². The summed E-state index contributed by atoms with van der Waals surface area (Å²) in [5, 5.41) is 11.0. The molecule has 49 valence electrons. The zero-order valence-corrected chi connectivity index (χ0v) is 5.02. The predicted octanol–water partition coefficient (Wildman–Crippen LogP) is 0.0505. The van der Waals surface area contributed by atoms with Crippen molar-refractivity contribution in [2.75, 3.05) is 13.1 Å². The highest BCUT2D eigenvalue weighted by atomic mass is 16.4. The lowest BCUT2D eigenvalue weighted by Gasteiger charge is -2.08. The van der Waals surface area contributed by atoms with Crippen molar-refractivity contribution in [1.29, 1.82) is 0 Å². The lowest BCUT2D eigenvalue weighted by Crippen LogP contribution is -2.21. The Bertz CT molecular complexity index is 25.9. The van der Waals surface area contributed by atoms with E-state index in [-0.39, 0.29) is 0 Å². The van der Waals surface area contributed by atoms with Gasteiger partial charge in [0, 0.05) is 0 Å². The van der Waals surface area contributed by atoms with E-state index in [2.05, 4.69) is 11.2 Å². The zero-order valence-electron chi connectivity index (χ0n) is 5.02. The summed E-state index contributed by atoms with van der Waals surface area (Å²) in [6.45, 7) is 2.50. The van der Waals surface area contributed by atoms with Crippen LogP contribution in [0.5, 0.6) is 0 Å². The molecule has 1 heterocycles. The Morgan fingerprint density at radius 3 is 1.62 bits per heavy atom. The van der Waals surface area contributed by atoms with Crippen LogP contribution in [-0.2, 0) is 5.21 Å². The molecule has 3 heteroatoms. The van der Waals surface area contributed by atoms with Gasteiger partial charge in [-0.3, -0.25) is 0 Å². The van der Waals surface area contributed by atoms with Crippen molar-refractivity contribution in [3.8, 4) is 0 Å². The average molecular weight is 117 g/mol. The van der Waals surface area contributed by atoms with Crippen molar-refractivity contribution < 1.29 is 5.21 Å². The minimum atomic E-state index is 1.25. The Morgan fingerprint density at radius 1 is 1.00 bits per heavy atom. The molecule has 3 N–H and O–H groups in total. The maximum Gasteiger partial charge on any atom is -0.00489 e. The van der Waals surface area contributed by atoms with Crippen molar-refractivity contribution in [2.45, 2.75) is 19.3 Å². The minimum Gasteiger partial charge on any atom is -0.317 e. The fraction of sp³-hybridized carbons (Fsp3) is 1.00. The van der Waals surface area contributed by atoms with Gasteiger partial charge >= 0.3 is 0 Å². The first-order chi connectivity index (χ1) is 4.00. The van der Waals surface area contributed by atoms with E-state index in [4.69, 9.17) is 5.21 Å². The van der Waals surface area contributed by atoms with Crippen molar-refractivity contribution in [1.82, 2.24) is 5.32 Å². The summed E-state index contributed by atoms with van der Waals surface area (Å²) in [5.74, 6) is 3.25. The number of hydrogen-bond acceptors (Lipinski definition) is 2. The minimum absolute atomic E-state index is 1.25. The van der Waals surface area contributed by atoms with Crippen molar-refractivity contribution in [3.05, 3.63) is 0 Å². The highest BCUT2D eigenvalue weighted by molar-refractivity contribution is 4.55. The van der Waals surface area contributed by atoms with E-state index < -0.39 is 0 Å².